The molecule has 2 N–H and O–H groups in total. The van der Waals surface area contributed by atoms with Gasteiger partial charge in [0.25, 0.3) is 5.78 Å². The minimum Gasteiger partial charge on any atom is -0.539 e. The van der Waals surface area contributed by atoms with Crippen molar-refractivity contribution in [2.75, 3.05) is 12.8 Å². The number of fused-ring (bicyclic) bond motifs is 2. The van der Waals surface area contributed by atoms with Gasteiger partial charge in [-0.25, -0.2) is 4.98 Å². The Balaban J connectivity index is 1.44. The quantitative estimate of drug-likeness (QED) is 0.181. The van der Waals surface area contributed by atoms with Gasteiger partial charge in [-0.15, -0.1) is 11.3 Å². The molecule has 7 rings (SSSR count). The third-order valence-electron chi connectivity index (χ3n) is 7.48. The number of aryl methyl sites for hydroxylation is 1. The van der Waals surface area contributed by atoms with Gasteiger partial charge in [0.05, 0.1) is 23.8 Å². The van der Waals surface area contributed by atoms with Gasteiger partial charge in [0.2, 0.25) is 5.69 Å². The molecule has 4 aromatic carbocycles. The lowest BCUT2D eigenvalue weighted by molar-refractivity contribution is -0.672. The lowest BCUT2D eigenvalue weighted by Gasteiger charge is -2.11. The second-order valence-electron chi connectivity index (χ2n) is 10.1. The fraction of sp³-hybridized carbons (Fsp3) is 0.0588. The predicted octanol–water partition coefficient (Wildman–Crippen LogP) is 6.25. The molecule has 0 amide bonds. The number of carbonyl (C=O) groups is 1. The summed E-state index contributed by atoms with van der Waals surface area (Å²) in [7, 11) is 1.55. The number of benzene rings is 4. The largest absolute Gasteiger partial charge is 0.539 e. The summed E-state index contributed by atoms with van der Waals surface area (Å²) in [5.74, 6) is -0.835. The molecule has 0 unspecified atom stereocenters. The van der Waals surface area contributed by atoms with Crippen LogP contribution in [0.1, 0.15) is 20.9 Å². The van der Waals surface area contributed by atoms with Crippen molar-refractivity contribution in [1.82, 2.24) is 10.3 Å². The van der Waals surface area contributed by atoms with Crippen LogP contribution in [-0.4, -0.2) is 23.1 Å². The lowest BCUT2D eigenvalue weighted by atomic mass is 9.96. The van der Waals surface area contributed by atoms with E-state index >= 15 is 0 Å². The van der Waals surface area contributed by atoms with Crippen molar-refractivity contribution in [2.45, 2.75) is 6.92 Å². The number of methoxy groups -OCH3 is 1. The van der Waals surface area contributed by atoms with Gasteiger partial charge in [-0.1, -0.05) is 72.3 Å². The molecular weight excluding hydrogens is 560 g/mol. The molecule has 210 valence electrons. The summed E-state index contributed by atoms with van der Waals surface area (Å²) in [5.41, 5.74) is 11.8. The molecule has 0 saturated carbocycles. The van der Waals surface area contributed by atoms with Gasteiger partial charge in [0.15, 0.2) is 5.95 Å². The summed E-state index contributed by atoms with van der Waals surface area (Å²) >= 11 is 1.15. The number of hydrogen-bond donors (Lipinski definition) is 1. The molecule has 0 spiro atoms. The topological polar surface area (TPSA) is 118 Å². The Bertz CT molecular complexity index is 2160. The molecule has 9 heteroatoms. The molecule has 0 atom stereocenters. The number of hydrogen-bond acceptors (Lipinski definition) is 8. The zero-order valence-corrected chi connectivity index (χ0v) is 24.0. The Labute approximate surface area is 250 Å². The first-order valence-electron chi connectivity index (χ1n) is 13.5. The van der Waals surface area contributed by atoms with Gasteiger partial charge in [0.1, 0.15) is 15.5 Å². The summed E-state index contributed by atoms with van der Waals surface area (Å²) in [4.78, 5) is 19.8. The Hall–Kier alpha value is -5.54. The van der Waals surface area contributed by atoms with Crippen LogP contribution in [0.15, 0.2) is 102 Å². The molecule has 0 fully saturated rings. The number of ether oxygens (including phenoxy) is 1. The maximum atomic E-state index is 14.0. The molecule has 0 saturated heterocycles. The molecular formula is C34H24N4O4S. The summed E-state index contributed by atoms with van der Waals surface area (Å²) in [5, 5.41) is 19.5. The Morgan fingerprint density at radius 2 is 1.70 bits per heavy atom. The molecule has 7 aromatic rings. The van der Waals surface area contributed by atoms with Gasteiger partial charge in [-0.3, -0.25) is 4.79 Å². The Morgan fingerprint density at radius 1 is 0.953 bits per heavy atom. The Morgan fingerprint density at radius 3 is 2.47 bits per heavy atom. The summed E-state index contributed by atoms with van der Waals surface area (Å²) in [6.07, 6.45) is 0. The van der Waals surface area contributed by atoms with E-state index in [1.807, 2.05) is 61.5 Å². The standard InChI is InChI=1S/C34H24N4O4S/c1-19-10-12-21(13-11-19)26-18-27(25-9-5-7-20-6-3-4-8-24(20)25)36-33-28(26)29(35)32(43-33)31(39)30-34(40)42-37-38(30)22-14-16-23(41-2)17-15-22/h3-18H,1-2H3,(H2-,35,37,39,40). The number of aromatic nitrogens is 3. The average molecular weight is 585 g/mol. The SMILES string of the molecule is COc1ccc(-[n+]2noc([O-])c2C(=O)c2sc3nc(-c4cccc5ccccc45)cc(-c4ccc(C)cc4)c3c2N)cc1. The highest BCUT2D eigenvalue weighted by molar-refractivity contribution is 7.21. The van der Waals surface area contributed by atoms with Crippen LogP contribution in [-0.2, 0) is 0 Å². The van der Waals surface area contributed by atoms with Gasteiger partial charge in [0, 0.05) is 23.1 Å². The third-order valence-corrected chi connectivity index (χ3v) is 8.57. The van der Waals surface area contributed by atoms with Crippen molar-refractivity contribution in [3.05, 3.63) is 113 Å². The van der Waals surface area contributed by atoms with E-state index in [0.29, 0.717) is 21.7 Å². The van der Waals surface area contributed by atoms with E-state index in [2.05, 4.69) is 23.5 Å². The second-order valence-corrected chi connectivity index (χ2v) is 11.1. The molecule has 8 nitrogen and oxygen atoms in total. The molecule has 0 aliphatic heterocycles. The van der Waals surface area contributed by atoms with Crippen LogP contribution in [0.25, 0.3) is 49.1 Å². The van der Waals surface area contributed by atoms with Gasteiger partial charge in [-0.2, -0.15) is 0 Å². The maximum absolute atomic E-state index is 14.0. The van der Waals surface area contributed by atoms with Crippen molar-refractivity contribution in [1.29, 1.82) is 0 Å². The van der Waals surface area contributed by atoms with E-state index in [4.69, 9.17) is 20.0 Å². The first kappa shape index (κ1) is 26.4. The predicted molar refractivity (Wildman–Crippen MR) is 165 cm³/mol. The van der Waals surface area contributed by atoms with E-state index in [1.54, 1.807) is 31.4 Å². The van der Waals surface area contributed by atoms with Gasteiger partial charge >= 0.3 is 5.69 Å². The first-order chi connectivity index (χ1) is 20.9. The highest BCUT2D eigenvalue weighted by atomic mass is 32.1. The van der Waals surface area contributed by atoms with Crippen molar-refractivity contribution in [3.8, 4) is 39.8 Å². The van der Waals surface area contributed by atoms with E-state index in [0.717, 1.165) is 50.1 Å². The molecule has 0 radical (unpaired) electrons. The minimum absolute atomic E-state index is 0.188. The van der Waals surface area contributed by atoms with E-state index in [9.17, 15) is 9.90 Å². The number of nitrogens with zero attached hydrogens (tertiary/aromatic N) is 3. The highest BCUT2D eigenvalue weighted by Crippen LogP contribution is 2.43. The van der Waals surface area contributed by atoms with Crippen LogP contribution in [0.4, 0.5) is 5.69 Å². The van der Waals surface area contributed by atoms with Gasteiger partial charge < -0.3 is 20.1 Å². The number of nitrogen functional groups attached to an aromatic ring is 1. The lowest BCUT2D eigenvalue weighted by Crippen LogP contribution is -2.39. The van der Waals surface area contributed by atoms with E-state index in [-0.39, 0.29) is 16.3 Å². The molecule has 3 heterocycles. The van der Waals surface area contributed by atoms with Crippen molar-refractivity contribution >= 4 is 43.8 Å². The minimum atomic E-state index is -0.860. The first-order valence-corrected chi connectivity index (χ1v) is 14.3. The van der Waals surface area contributed by atoms with Crippen LogP contribution in [0, 0.1) is 6.92 Å². The average Bonchev–Trinajstić information content (AvgIpc) is 3.60. The number of ketones is 1. The van der Waals surface area contributed by atoms with E-state index < -0.39 is 11.7 Å². The summed E-state index contributed by atoms with van der Waals surface area (Å²) in [6, 6.07) is 31.2. The number of anilines is 1. The van der Waals surface area contributed by atoms with Crippen LogP contribution < -0.4 is 20.3 Å². The molecule has 3 aromatic heterocycles. The van der Waals surface area contributed by atoms with Crippen LogP contribution in [0.2, 0.25) is 0 Å². The second kappa shape index (κ2) is 10.4. The van der Waals surface area contributed by atoms with Crippen LogP contribution >= 0.6 is 11.3 Å². The van der Waals surface area contributed by atoms with Gasteiger partial charge in [-0.05, 0) is 51.7 Å². The number of thiophene rings is 1. The smallest absolute Gasteiger partial charge is 0.312 e. The van der Waals surface area contributed by atoms with Crippen LogP contribution in [0.3, 0.4) is 0 Å². The van der Waals surface area contributed by atoms with Crippen molar-refractivity contribution in [3.63, 3.8) is 0 Å². The van der Waals surface area contributed by atoms with Crippen LogP contribution in [0.5, 0.6) is 11.7 Å². The normalized spacial score (nSPS) is 11.3. The molecule has 0 aliphatic rings. The molecule has 0 aliphatic carbocycles. The van der Waals surface area contributed by atoms with Crippen molar-refractivity contribution in [2.24, 2.45) is 0 Å². The molecule has 0 bridgehead atoms. The monoisotopic (exact) mass is 584 g/mol. The fourth-order valence-corrected chi connectivity index (χ4v) is 6.34. The fourth-order valence-electron chi connectivity index (χ4n) is 5.28. The number of carbonyl (C=O) groups excluding carboxylic acids is 1. The maximum Gasteiger partial charge on any atom is 0.312 e. The molecule has 43 heavy (non-hydrogen) atoms. The number of rotatable bonds is 6. The number of pyridine rings is 1. The zero-order chi connectivity index (χ0) is 29.7. The number of nitrogens with two attached hydrogens (primary N) is 1. The highest BCUT2D eigenvalue weighted by Gasteiger charge is 2.33. The summed E-state index contributed by atoms with van der Waals surface area (Å²) in [6.45, 7) is 2.03. The van der Waals surface area contributed by atoms with Crippen molar-refractivity contribution < 1.29 is 23.8 Å². The Kier molecular flexibility index (Phi) is 6.36. The van der Waals surface area contributed by atoms with E-state index in [1.165, 1.54) is 4.68 Å². The summed E-state index contributed by atoms with van der Waals surface area (Å²) < 4.78 is 11.3. The third kappa shape index (κ3) is 4.47. The zero-order valence-electron chi connectivity index (χ0n) is 23.2.